The third-order valence-corrected chi connectivity index (χ3v) is 3.38. The van der Waals surface area contributed by atoms with Gasteiger partial charge < -0.3 is 23.7 Å². The molecule has 0 aliphatic heterocycles. The third-order valence-electron chi connectivity index (χ3n) is 3.38. The van der Waals surface area contributed by atoms with Gasteiger partial charge in [-0.2, -0.15) is 0 Å². The van der Waals surface area contributed by atoms with Gasteiger partial charge in [-0.3, -0.25) is 0 Å². The van der Waals surface area contributed by atoms with Crippen molar-refractivity contribution in [3.8, 4) is 5.75 Å². The summed E-state index contributed by atoms with van der Waals surface area (Å²) in [6.45, 7) is 1.78. The van der Waals surface area contributed by atoms with Crippen molar-refractivity contribution in [2.24, 2.45) is 0 Å². The fourth-order valence-corrected chi connectivity index (χ4v) is 2.43. The summed E-state index contributed by atoms with van der Waals surface area (Å²) >= 11 is 0. The Labute approximate surface area is 126 Å². The highest BCUT2D eigenvalue weighted by atomic mass is 16.7. The van der Waals surface area contributed by atoms with E-state index in [-0.39, 0.29) is 6.79 Å². The minimum absolute atomic E-state index is 0.252. The van der Waals surface area contributed by atoms with Gasteiger partial charge in [0.05, 0.1) is 5.52 Å². The van der Waals surface area contributed by atoms with Gasteiger partial charge in [-0.25, -0.2) is 0 Å². The zero-order valence-electron chi connectivity index (χ0n) is 13.3. The number of likely N-dealkylation sites (N-methyl/N-ethyl adjacent to an activating group) is 1. The number of methoxy groups -OCH3 is 2. The molecule has 2 rings (SSSR count). The Kier molecular flexibility index (Phi) is 5.61. The number of aromatic nitrogens is 1. The maximum Gasteiger partial charge on any atom is 0.188 e. The zero-order valence-corrected chi connectivity index (χ0v) is 13.3. The molecule has 0 unspecified atom stereocenters. The summed E-state index contributed by atoms with van der Waals surface area (Å²) in [5.41, 5.74) is 2.39. The first-order chi connectivity index (χ1) is 10.2. The van der Waals surface area contributed by atoms with Gasteiger partial charge in [-0.15, -0.1) is 0 Å². The van der Waals surface area contributed by atoms with Crippen LogP contribution in [-0.2, 0) is 22.6 Å². The first kappa shape index (κ1) is 15.8. The van der Waals surface area contributed by atoms with Gasteiger partial charge in [0.25, 0.3) is 0 Å². The van der Waals surface area contributed by atoms with E-state index in [2.05, 4.69) is 35.8 Å². The highest BCUT2D eigenvalue weighted by molar-refractivity contribution is 5.90. The van der Waals surface area contributed by atoms with Crippen LogP contribution in [0, 0.1) is 0 Å². The topological polar surface area (TPSA) is 35.9 Å². The van der Waals surface area contributed by atoms with Crippen molar-refractivity contribution in [1.29, 1.82) is 0 Å². The molecule has 0 amide bonds. The molecule has 0 saturated heterocycles. The van der Waals surface area contributed by atoms with Gasteiger partial charge >= 0.3 is 0 Å². The molecule has 0 aliphatic carbocycles. The monoisotopic (exact) mass is 292 g/mol. The number of hydrogen-bond donors (Lipinski definition) is 0. The number of ether oxygens (including phenoxy) is 3. The molecule has 0 fully saturated rings. The van der Waals surface area contributed by atoms with Gasteiger partial charge in [-0.05, 0) is 38.2 Å². The molecule has 1 heterocycles. The van der Waals surface area contributed by atoms with Crippen molar-refractivity contribution in [2.45, 2.75) is 13.2 Å². The molecule has 21 heavy (non-hydrogen) atoms. The maximum absolute atomic E-state index is 5.72. The van der Waals surface area contributed by atoms with Crippen LogP contribution in [-0.4, -0.2) is 51.1 Å². The molecular formula is C16H24N2O3. The Morgan fingerprint density at radius 3 is 2.62 bits per heavy atom. The van der Waals surface area contributed by atoms with Gasteiger partial charge in [-0.1, -0.05) is 6.07 Å². The van der Waals surface area contributed by atoms with Crippen molar-refractivity contribution in [1.82, 2.24) is 9.47 Å². The van der Waals surface area contributed by atoms with E-state index < -0.39 is 0 Å². The first-order valence-electron chi connectivity index (χ1n) is 7.03. The van der Waals surface area contributed by atoms with Crippen LogP contribution in [0.25, 0.3) is 10.9 Å². The number of fused-ring (bicyclic) bond motifs is 1. The Balaban J connectivity index is 2.43. The SMILES string of the molecule is COCOc1cccc2c1c(CCN(C)C)cn2COC. The first-order valence-corrected chi connectivity index (χ1v) is 7.03. The van der Waals surface area contributed by atoms with Crippen LogP contribution in [0.1, 0.15) is 5.56 Å². The summed E-state index contributed by atoms with van der Waals surface area (Å²) in [7, 11) is 7.49. The second-order valence-corrected chi connectivity index (χ2v) is 5.30. The average molecular weight is 292 g/mol. The van der Waals surface area contributed by atoms with Crippen molar-refractivity contribution in [3.63, 3.8) is 0 Å². The zero-order chi connectivity index (χ0) is 15.2. The molecule has 0 bridgehead atoms. The van der Waals surface area contributed by atoms with Crippen molar-refractivity contribution in [3.05, 3.63) is 30.0 Å². The van der Waals surface area contributed by atoms with E-state index in [1.54, 1.807) is 14.2 Å². The number of nitrogens with zero attached hydrogens (tertiary/aromatic N) is 2. The van der Waals surface area contributed by atoms with E-state index in [9.17, 15) is 0 Å². The summed E-state index contributed by atoms with van der Waals surface area (Å²) in [6.07, 6.45) is 3.12. The van der Waals surface area contributed by atoms with Gasteiger partial charge in [0.15, 0.2) is 6.79 Å². The van der Waals surface area contributed by atoms with Crippen LogP contribution in [0.4, 0.5) is 0 Å². The van der Waals surface area contributed by atoms with E-state index in [4.69, 9.17) is 14.2 Å². The summed E-state index contributed by atoms with van der Waals surface area (Å²) in [5, 5.41) is 1.15. The van der Waals surface area contributed by atoms with Crippen LogP contribution < -0.4 is 4.74 Å². The maximum atomic E-state index is 5.72. The molecule has 0 radical (unpaired) electrons. The lowest BCUT2D eigenvalue weighted by Gasteiger charge is -2.10. The highest BCUT2D eigenvalue weighted by Crippen LogP contribution is 2.31. The fraction of sp³-hybridized carbons (Fsp3) is 0.500. The minimum atomic E-state index is 0.252. The lowest BCUT2D eigenvalue weighted by atomic mass is 10.1. The van der Waals surface area contributed by atoms with Crippen molar-refractivity contribution < 1.29 is 14.2 Å². The third kappa shape index (κ3) is 3.75. The average Bonchev–Trinajstić information content (AvgIpc) is 2.82. The van der Waals surface area contributed by atoms with E-state index in [1.165, 1.54) is 5.56 Å². The lowest BCUT2D eigenvalue weighted by molar-refractivity contribution is 0.0522. The summed E-state index contributed by atoms with van der Waals surface area (Å²) in [4.78, 5) is 2.18. The molecule has 5 nitrogen and oxygen atoms in total. The minimum Gasteiger partial charge on any atom is -0.467 e. The molecule has 5 heteroatoms. The molecule has 0 N–H and O–H groups in total. The molecule has 1 aromatic carbocycles. The van der Waals surface area contributed by atoms with E-state index in [0.717, 1.165) is 29.6 Å². The normalized spacial score (nSPS) is 11.5. The molecular weight excluding hydrogens is 268 g/mol. The van der Waals surface area contributed by atoms with Crippen LogP contribution in [0.5, 0.6) is 5.75 Å². The Morgan fingerprint density at radius 2 is 1.95 bits per heavy atom. The van der Waals surface area contributed by atoms with Gasteiger partial charge in [0.2, 0.25) is 0 Å². The van der Waals surface area contributed by atoms with Crippen molar-refractivity contribution >= 4 is 10.9 Å². The second kappa shape index (κ2) is 7.45. The van der Waals surface area contributed by atoms with Crippen LogP contribution in [0.3, 0.4) is 0 Å². The van der Waals surface area contributed by atoms with Crippen LogP contribution in [0.15, 0.2) is 24.4 Å². The molecule has 0 aliphatic rings. The number of benzene rings is 1. The molecule has 0 atom stereocenters. The van der Waals surface area contributed by atoms with Crippen molar-refractivity contribution in [2.75, 3.05) is 41.7 Å². The summed E-state index contributed by atoms with van der Waals surface area (Å²) in [6, 6.07) is 6.07. The Bertz CT molecular complexity index is 578. The van der Waals surface area contributed by atoms with Crippen LogP contribution >= 0.6 is 0 Å². The van der Waals surface area contributed by atoms with Gasteiger partial charge in [0, 0.05) is 32.3 Å². The molecule has 116 valence electrons. The molecule has 1 aromatic heterocycles. The summed E-state index contributed by atoms with van der Waals surface area (Å²) in [5.74, 6) is 0.859. The Morgan fingerprint density at radius 1 is 1.14 bits per heavy atom. The van der Waals surface area contributed by atoms with E-state index in [0.29, 0.717) is 6.73 Å². The predicted octanol–water partition coefficient (Wildman–Crippen LogP) is 2.33. The predicted molar refractivity (Wildman–Crippen MR) is 83.7 cm³/mol. The summed E-state index contributed by atoms with van der Waals surface area (Å²) < 4.78 is 18.1. The largest absolute Gasteiger partial charge is 0.467 e. The molecule has 0 spiro atoms. The van der Waals surface area contributed by atoms with E-state index in [1.807, 2.05) is 12.1 Å². The van der Waals surface area contributed by atoms with E-state index >= 15 is 0 Å². The standard InChI is InChI=1S/C16H24N2O3/c1-17(2)9-8-13-10-18(11-19-3)14-6-5-7-15(16(13)14)21-12-20-4/h5-7,10H,8-9,11-12H2,1-4H3. The highest BCUT2D eigenvalue weighted by Gasteiger charge is 2.13. The molecule has 2 aromatic rings. The van der Waals surface area contributed by atoms with Crippen LogP contribution in [0.2, 0.25) is 0 Å². The lowest BCUT2D eigenvalue weighted by Crippen LogP contribution is -2.15. The smallest absolute Gasteiger partial charge is 0.188 e. The molecule has 0 saturated carbocycles. The quantitative estimate of drug-likeness (QED) is 0.700. The van der Waals surface area contributed by atoms with Gasteiger partial charge in [0.1, 0.15) is 12.5 Å². The second-order valence-electron chi connectivity index (χ2n) is 5.30. The number of hydrogen-bond acceptors (Lipinski definition) is 4. The number of rotatable bonds is 8. The fourth-order valence-electron chi connectivity index (χ4n) is 2.43. The Hall–Kier alpha value is -1.56.